The van der Waals surface area contributed by atoms with Crippen LogP contribution in [0.3, 0.4) is 0 Å². The standard InChI is InChI=1S/C18H23FN4O2S/c1-20-18(23-11-17(24)21-10-16-4-3-7-25-16)22-9-13-5-6-15(19)8-14(13)12-26-2/h3-8H,9-12H2,1-2H3,(H,21,24)(H2,20,22,23). The summed E-state index contributed by atoms with van der Waals surface area (Å²) in [4.78, 5) is 16.0. The van der Waals surface area contributed by atoms with Crippen molar-refractivity contribution in [2.45, 2.75) is 18.8 Å². The lowest BCUT2D eigenvalue weighted by Crippen LogP contribution is -2.42. The highest BCUT2D eigenvalue weighted by atomic mass is 32.2. The molecule has 1 aromatic heterocycles. The van der Waals surface area contributed by atoms with E-state index in [1.165, 1.54) is 6.07 Å². The molecule has 0 fully saturated rings. The maximum atomic E-state index is 13.4. The molecule has 6 nitrogen and oxygen atoms in total. The van der Waals surface area contributed by atoms with Gasteiger partial charge in [-0.15, -0.1) is 0 Å². The van der Waals surface area contributed by atoms with Crippen molar-refractivity contribution in [3.8, 4) is 0 Å². The van der Waals surface area contributed by atoms with Crippen molar-refractivity contribution < 1.29 is 13.6 Å². The van der Waals surface area contributed by atoms with Crippen LogP contribution in [-0.2, 0) is 23.6 Å². The summed E-state index contributed by atoms with van der Waals surface area (Å²) in [5.74, 6) is 1.51. The van der Waals surface area contributed by atoms with Crippen LogP contribution in [0.2, 0.25) is 0 Å². The number of nitrogens with zero attached hydrogens (tertiary/aromatic N) is 1. The number of amides is 1. The number of hydrogen-bond acceptors (Lipinski definition) is 4. The lowest BCUT2D eigenvalue weighted by atomic mass is 10.1. The monoisotopic (exact) mass is 378 g/mol. The van der Waals surface area contributed by atoms with Gasteiger partial charge in [0.25, 0.3) is 0 Å². The number of hydrogen-bond donors (Lipinski definition) is 3. The number of rotatable bonds is 8. The molecule has 2 aromatic rings. The number of carbonyl (C=O) groups is 1. The molecule has 0 aliphatic carbocycles. The Morgan fingerprint density at radius 2 is 2.04 bits per heavy atom. The van der Waals surface area contributed by atoms with E-state index >= 15 is 0 Å². The van der Waals surface area contributed by atoms with Gasteiger partial charge in [0, 0.05) is 19.3 Å². The van der Waals surface area contributed by atoms with Gasteiger partial charge in [0.05, 0.1) is 19.4 Å². The maximum absolute atomic E-state index is 13.4. The average Bonchev–Trinajstić information content (AvgIpc) is 3.15. The SMILES string of the molecule is CN=C(NCC(=O)NCc1ccco1)NCc1ccc(F)cc1CSC. The Hall–Kier alpha value is -2.48. The first-order valence-electron chi connectivity index (χ1n) is 8.12. The third kappa shape index (κ3) is 6.44. The van der Waals surface area contributed by atoms with Crippen LogP contribution in [0.1, 0.15) is 16.9 Å². The average molecular weight is 378 g/mol. The van der Waals surface area contributed by atoms with Crippen LogP contribution < -0.4 is 16.0 Å². The summed E-state index contributed by atoms with van der Waals surface area (Å²) in [5, 5.41) is 8.84. The second kappa shape index (κ2) is 10.5. The largest absolute Gasteiger partial charge is 0.467 e. The number of thioether (sulfide) groups is 1. The van der Waals surface area contributed by atoms with Crippen LogP contribution >= 0.6 is 11.8 Å². The highest BCUT2D eigenvalue weighted by Crippen LogP contribution is 2.16. The molecule has 140 valence electrons. The number of benzene rings is 1. The van der Waals surface area contributed by atoms with Gasteiger partial charge in [0.15, 0.2) is 5.96 Å². The molecular formula is C18H23FN4O2S. The van der Waals surface area contributed by atoms with Gasteiger partial charge in [-0.1, -0.05) is 6.07 Å². The van der Waals surface area contributed by atoms with Crippen LogP contribution in [0.25, 0.3) is 0 Å². The zero-order valence-corrected chi connectivity index (χ0v) is 15.7. The van der Waals surface area contributed by atoms with Crippen molar-refractivity contribution in [2.75, 3.05) is 19.8 Å². The second-order valence-corrected chi connectivity index (χ2v) is 6.35. The highest BCUT2D eigenvalue weighted by Gasteiger charge is 2.07. The molecular weight excluding hydrogens is 355 g/mol. The van der Waals surface area contributed by atoms with Crippen LogP contribution in [0.4, 0.5) is 4.39 Å². The molecule has 1 amide bonds. The highest BCUT2D eigenvalue weighted by molar-refractivity contribution is 7.97. The van der Waals surface area contributed by atoms with Crippen LogP contribution in [0.5, 0.6) is 0 Å². The molecule has 1 heterocycles. The van der Waals surface area contributed by atoms with Crippen molar-refractivity contribution in [3.05, 3.63) is 59.3 Å². The second-order valence-electron chi connectivity index (χ2n) is 5.48. The van der Waals surface area contributed by atoms with Crippen molar-refractivity contribution in [2.24, 2.45) is 4.99 Å². The fourth-order valence-corrected chi connectivity index (χ4v) is 2.86. The first-order valence-corrected chi connectivity index (χ1v) is 9.51. The fourth-order valence-electron chi connectivity index (χ4n) is 2.28. The zero-order chi connectivity index (χ0) is 18.8. The summed E-state index contributed by atoms with van der Waals surface area (Å²) in [5.41, 5.74) is 1.93. The number of nitrogens with one attached hydrogen (secondary N) is 3. The minimum atomic E-state index is -0.242. The van der Waals surface area contributed by atoms with Crippen LogP contribution in [0.15, 0.2) is 46.0 Å². The summed E-state index contributed by atoms with van der Waals surface area (Å²) < 4.78 is 18.6. The summed E-state index contributed by atoms with van der Waals surface area (Å²) in [6, 6.07) is 8.32. The van der Waals surface area contributed by atoms with Crippen molar-refractivity contribution in [3.63, 3.8) is 0 Å². The zero-order valence-electron chi connectivity index (χ0n) is 14.8. The predicted molar refractivity (Wildman–Crippen MR) is 102 cm³/mol. The Bertz CT molecular complexity index is 735. The van der Waals surface area contributed by atoms with E-state index in [1.54, 1.807) is 49.3 Å². The molecule has 8 heteroatoms. The van der Waals surface area contributed by atoms with Gasteiger partial charge in [-0.05, 0) is 41.6 Å². The molecule has 0 bridgehead atoms. The number of guanidine groups is 1. The maximum Gasteiger partial charge on any atom is 0.239 e. The normalized spacial score (nSPS) is 11.3. The Kier molecular flexibility index (Phi) is 8.01. The Labute approximate surface area is 156 Å². The minimum Gasteiger partial charge on any atom is -0.467 e. The number of halogens is 1. The van der Waals surface area contributed by atoms with Crippen LogP contribution in [0, 0.1) is 5.82 Å². The van der Waals surface area contributed by atoms with E-state index in [-0.39, 0.29) is 18.3 Å². The molecule has 0 aliphatic rings. The molecule has 0 radical (unpaired) electrons. The van der Waals surface area contributed by atoms with E-state index in [0.29, 0.717) is 24.8 Å². The molecule has 3 N–H and O–H groups in total. The Morgan fingerprint density at radius 3 is 2.73 bits per heavy atom. The lowest BCUT2D eigenvalue weighted by Gasteiger charge is -2.14. The smallest absolute Gasteiger partial charge is 0.239 e. The summed E-state index contributed by atoms with van der Waals surface area (Å²) >= 11 is 1.64. The van der Waals surface area contributed by atoms with E-state index in [4.69, 9.17) is 4.42 Å². The van der Waals surface area contributed by atoms with Gasteiger partial charge in [-0.3, -0.25) is 9.79 Å². The van der Waals surface area contributed by atoms with E-state index in [1.807, 2.05) is 6.26 Å². The van der Waals surface area contributed by atoms with Crippen molar-refractivity contribution >= 4 is 23.6 Å². The number of aliphatic imine (C=N–C) groups is 1. The first-order chi connectivity index (χ1) is 12.6. The lowest BCUT2D eigenvalue weighted by molar-refractivity contribution is -0.120. The van der Waals surface area contributed by atoms with Crippen molar-refractivity contribution in [1.82, 2.24) is 16.0 Å². The van der Waals surface area contributed by atoms with Gasteiger partial charge in [-0.25, -0.2) is 4.39 Å². The van der Waals surface area contributed by atoms with Gasteiger partial charge in [-0.2, -0.15) is 11.8 Å². The van der Waals surface area contributed by atoms with Gasteiger partial charge >= 0.3 is 0 Å². The van der Waals surface area contributed by atoms with Gasteiger partial charge < -0.3 is 20.4 Å². The van der Waals surface area contributed by atoms with Gasteiger partial charge in [0.1, 0.15) is 11.6 Å². The predicted octanol–water partition coefficient (Wildman–Crippen LogP) is 2.26. The fraction of sp³-hybridized carbons (Fsp3) is 0.333. The third-order valence-electron chi connectivity index (χ3n) is 3.59. The Morgan fingerprint density at radius 1 is 1.19 bits per heavy atom. The molecule has 0 unspecified atom stereocenters. The molecule has 0 saturated carbocycles. The topological polar surface area (TPSA) is 78.7 Å². The first kappa shape index (κ1) is 19.8. The van der Waals surface area contributed by atoms with E-state index < -0.39 is 0 Å². The molecule has 0 spiro atoms. The minimum absolute atomic E-state index is 0.0848. The summed E-state index contributed by atoms with van der Waals surface area (Å²) in [6.45, 7) is 0.915. The molecule has 2 rings (SSSR count). The molecule has 0 saturated heterocycles. The molecule has 0 atom stereocenters. The third-order valence-corrected chi connectivity index (χ3v) is 4.19. The number of furan rings is 1. The number of carbonyl (C=O) groups excluding carboxylic acids is 1. The quantitative estimate of drug-likeness (QED) is 0.485. The molecule has 1 aromatic carbocycles. The van der Waals surface area contributed by atoms with E-state index in [0.717, 1.165) is 16.9 Å². The molecule has 26 heavy (non-hydrogen) atoms. The van der Waals surface area contributed by atoms with Crippen molar-refractivity contribution in [1.29, 1.82) is 0 Å². The molecule has 0 aliphatic heterocycles. The van der Waals surface area contributed by atoms with Crippen LogP contribution in [-0.4, -0.2) is 31.7 Å². The Balaban J connectivity index is 1.79. The van der Waals surface area contributed by atoms with E-state index in [2.05, 4.69) is 20.9 Å². The summed E-state index contributed by atoms with van der Waals surface area (Å²) in [6.07, 6.45) is 3.54. The summed E-state index contributed by atoms with van der Waals surface area (Å²) in [7, 11) is 1.63. The van der Waals surface area contributed by atoms with Gasteiger partial charge in [0.2, 0.25) is 5.91 Å². The van der Waals surface area contributed by atoms with E-state index in [9.17, 15) is 9.18 Å².